The molecule has 0 fully saturated rings. The molecule has 0 radical (unpaired) electrons. The molecular weight excluding hydrogens is 256 g/mol. The fraction of sp³-hybridized carbons (Fsp3) is 0.286. The third-order valence-electron chi connectivity index (χ3n) is 2.80. The van der Waals surface area contributed by atoms with E-state index >= 15 is 0 Å². The van der Waals surface area contributed by atoms with Crippen LogP contribution in [0, 0.1) is 6.92 Å². The number of rotatable bonds is 5. The molecule has 0 atom stereocenters. The number of nitrogens with zero attached hydrogens (tertiary/aromatic N) is 1. The van der Waals surface area contributed by atoms with Crippen LogP contribution in [0.4, 0.5) is 11.5 Å². The van der Waals surface area contributed by atoms with Crippen molar-refractivity contribution in [3.8, 4) is 5.75 Å². The van der Waals surface area contributed by atoms with Gasteiger partial charge in [-0.25, -0.2) is 0 Å². The highest BCUT2D eigenvalue weighted by atomic mass is 16.5. The van der Waals surface area contributed by atoms with Gasteiger partial charge in [-0.15, -0.1) is 0 Å². The molecule has 1 aromatic heterocycles. The van der Waals surface area contributed by atoms with E-state index in [0.717, 1.165) is 12.1 Å². The highest BCUT2D eigenvalue weighted by Gasteiger charge is 2.12. The number of amides is 1. The van der Waals surface area contributed by atoms with E-state index in [-0.39, 0.29) is 5.91 Å². The molecule has 2 rings (SSSR count). The maximum absolute atomic E-state index is 12.1. The summed E-state index contributed by atoms with van der Waals surface area (Å²) < 4.78 is 5.50. The van der Waals surface area contributed by atoms with Crippen molar-refractivity contribution in [2.24, 2.45) is 0 Å². The fourth-order valence-corrected chi connectivity index (χ4v) is 1.66. The Balaban J connectivity index is 2.11. The molecule has 0 aliphatic rings. The standard InChI is InChI=1S/C14H18N4O2/c1-3-7-20-11-6-4-5-10(8-11)14(19)16-13-12(15)9(2)17-18-13/h4-6,8H,3,7,15H2,1-2H3,(H2,16,17,18,19). The zero-order chi connectivity index (χ0) is 14.5. The van der Waals surface area contributed by atoms with E-state index in [4.69, 9.17) is 10.5 Å². The maximum Gasteiger partial charge on any atom is 0.257 e. The quantitative estimate of drug-likeness (QED) is 0.780. The van der Waals surface area contributed by atoms with Crippen LogP contribution < -0.4 is 15.8 Å². The number of H-pyrrole nitrogens is 1. The summed E-state index contributed by atoms with van der Waals surface area (Å²) in [7, 11) is 0. The summed E-state index contributed by atoms with van der Waals surface area (Å²) in [6.07, 6.45) is 0.916. The van der Waals surface area contributed by atoms with E-state index in [0.29, 0.717) is 29.4 Å². The summed E-state index contributed by atoms with van der Waals surface area (Å²) in [5.74, 6) is 0.739. The molecule has 6 nitrogen and oxygen atoms in total. The normalized spacial score (nSPS) is 10.3. The molecule has 4 N–H and O–H groups in total. The van der Waals surface area contributed by atoms with Gasteiger partial charge in [-0.3, -0.25) is 9.89 Å². The Morgan fingerprint density at radius 3 is 2.95 bits per heavy atom. The van der Waals surface area contributed by atoms with Crippen molar-refractivity contribution < 1.29 is 9.53 Å². The number of hydrogen-bond donors (Lipinski definition) is 3. The van der Waals surface area contributed by atoms with E-state index in [1.807, 2.05) is 13.0 Å². The van der Waals surface area contributed by atoms with E-state index in [9.17, 15) is 4.79 Å². The Labute approximate surface area is 117 Å². The first kappa shape index (κ1) is 13.9. The fourth-order valence-electron chi connectivity index (χ4n) is 1.66. The van der Waals surface area contributed by atoms with Crippen LogP contribution in [0.2, 0.25) is 0 Å². The zero-order valence-corrected chi connectivity index (χ0v) is 11.6. The largest absolute Gasteiger partial charge is 0.494 e. The second-order valence-electron chi connectivity index (χ2n) is 4.44. The van der Waals surface area contributed by atoms with Crippen molar-refractivity contribution in [2.45, 2.75) is 20.3 Å². The van der Waals surface area contributed by atoms with Gasteiger partial charge in [-0.05, 0) is 31.5 Å². The number of aromatic amines is 1. The van der Waals surface area contributed by atoms with Crippen molar-refractivity contribution in [3.63, 3.8) is 0 Å². The molecule has 2 aromatic rings. The number of nitrogens with one attached hydrogen (secondary N) is 2. The van der Waals surface area contributed by atoms with Crippen LogP contribution in [0.15, 0.2) is 24.3 Å². The van der Waals surface area contributed by atoms with Crippen LogP contribution >= 0.6 is 0 Å². The van der Waals surface area contributed by atoms with Crippen molar-refractivity contribution in [3.05, 3.63) is 35.5 Å². The minimum Gasteiger partial charge on any atom is -0.494 e. The van der Waals surface area contributed by atoms with Crippen LogP contribution in [0.1, 0.15) is 29.4 Å². The first-order chi connectivity index (χ1) is 9.61. The van der Waals surface area contributed by atoms with Crippen LogP contribution in [0.3, 0.4) is 0 Å². The van der Waals surface area contributed by atoms with Crippen LogP contribution in [0.25, 0.3) is 0 Å². The molecule has 106 valence electrons. The Bertz CT molecular complexity index is 607. The summed E-state index contributed by atoms with van der Waals surface area (Å²) in [5.41, 5.74) is 7.45. The average molecular weight is 274 g/mol. The summed E-state index contributed by atoms with van der Waals surface area (Å²) in [6, 6.07) is 7.00. The SMILES string of the molecule is CCCOc1cccc(C(=O)Nc2n[nH]c(C)c2N)c1. The number of benzene rings is 1. The van der Waals surface area contributed by atoms with Crippen molar-refractivity contribution in [1.29, 1.82) is 0 Å². The Morgan fingerprint density at radius 1 is 1.50 bits per heavy atom. The summed E-state index contributed by atoms with van der Waals surface area (Å²) in [6.45, 7) is 4.44. The number of carbonyl (C=O) groups is 1. The number of hydrogen-bond acceptors (Lipinski definition) is 4. The number of aryl methyl sites for hydroxylation is 1. The number of nitrogen functional groups attached to an aromatic ring is 1. The zero-order valence-electron chi connectivity index (χ0n) is 11.6. The van der Waals surface area contributed by atoms with Gasteiger partial charge in [0.15, 0.2) is 5.82 Å². The van der Waals surface area contributed by atoms with Gasteiger partial charge in [-0.2, -0.15) is 5.10 Å². The van der Waals surface area contributed by atoms with Crippen LogP contribution in [-0.2, 0) is 0 Å². The van der Waals surface area contributed by atoms with Gasteiger partial charge in [-0.1, -0.05) is 13.0 Å². The molecule has 20 heavy (non-hydrogen) atoms. The van der Waals surface area contributed by atoms with Crippen molar-refractivity contribution in [1.82, 2.24) is 10.2 Å². The lowest BCUT2D eigenvalue weighted by Gasteiger charge is -2.07. The first-order valence-electron chi connectivity index (χ1n) is 6.46. The lowest BCUT2D eigenvalue weighted by molar-refractivity contribution is 0.102. The van der Waals surface area contributed by atoms with Crippen molar-refractivity contribution >= 4 is 17.4 Å². The second-order valence-corrected chi connectivity index (χ2v) is 4.44. The average Bonchev–Trinajstić information content (AvgIpc) is 2.77. The highest BCUT2D eigenvalue weighted by molar-refractivity contribution is 6.05. The van der Waals surface area contributed by atoms with Crippen molar-refractivity contribution in [2.75, 3.05) is 17.7 Å². The molecule has 1 heterocycles. The number of nitrogens with two attached hydrogens (primary N) is 1. The molecule has 1 aromatic carbocycles. The number of ether oxygens (including phenoxy) is 1. The number of aromatic nitrogens is 2. The van der Waals surface area contributed by atoms with E-state index in [2.05, 4.69) is 15.5 Å². The lowest BCUT2D eigenvalue weighted by atomic mass is 10.2. The second kappa shape index (κ2) is 6.10. The summed E-state index contributed by atoms with van der Waals surface area (Å²) in [4.78, 5) is 12.1. The van der Waals surface area contributed by atoms with E-state index < -0.39 is 0 Å². The van der Waals surface area contributed by atoms with Gasteiger partial charge >= 0.3 is 0 Å². The molecular formula is C14H18N4O2. The van der Waals surface area contributed by atoms with E-state index in [1.54, 1.807) is 25.1 Å². The molecule has 0 bridgehead atoms. The molecule has 0 saturated heterocycles. The Kier molecular flexibility index (Phi) is 4.24. The molecule has 0 aliphatic heterocycles. The molecule has 0 saturated carbocycles. The van der Waals surface area contributed by atoms with Gasteiger partial charge in [0.25, 0.3) is 5.91 Å². The Morgan fingerprint density at radius 2 is 2.30 bits per heavy atom. The minimum atomic E-state index is -0.273. The van der Waals surface area contributed by atoms with Gasteiger partial charge in [0.1, 0.15) is 5.75 Å². The topological polar surface area (TPSA) is 93.0 Å². The smallest absolute Gasteiger partial charge is 0.257 e. The molecule has 0 aliphatic carbocycles. The monoisotopic (exact) mass is 274 g/mol. The first-order valence-corrected chi connectivity index (χ1v) is 6.46. The van der Waals surface area contributed by atoms with Gasteiger partial charge in [0.2, 0.25) is 0 Å². The van der Waals surface area contributed by atoms with Gasteiger partial charge in [0.05, 0.1) is 18.0 Å². The van der Waals surface area contributed by atoms with Gasteiger partial charge < -0.3 is 15.8 Å². The number of anilines is 2. The molecule has 0 unspecified atom stereocenters. The van der Waals surface area contributed by atoms with Crippen LogP contribution in [0.5, 0.6) is 5.75 Å². The predicted molar refractivity (Wildman–Crippen MR) is 77.9 cm³/mol. The van der Waals surface area contributed by atoms with Gasteiger partial charge in [0, 0.05) is 5.56 Å². The minimum absolute atomic E-state index is 0.273. The maximum atomic E-state index is 12.1. The summed E-state index contributed by atoms with van der Waals surface area (Å²) >= 11 is 0. The van der Waals surface area contributed by atoms with E-state index in [1.165, 1.54) is 0 Å². The molecule has 1 amide bonds. The highest BCUT2D eigenvalue weighted by Crippen LogP contribution is 2.20. The predicted octanol–water partition coefficient (Wildman–Crippen LogP) is 2.34. The molecule has 0 spiro atoms. The van der Waals surface area contributed by atoms with Crippen LogP contribution in [-0.4, -0.2) is 22.7 Å². The summed E-state index contributed by atoms with van der Waals surface area (Å²) in [5, 5.41) is 9.33. The lowest BCUT2D eigenvalue weighted by Crippen LogP contribution is -2.13. The third-order valence-corrected chi connectivity index (χ3v) is 2.80. The number of carbonyl (C=O) groups excluding carboxylic acids is 1. The molecule has 6 heteroatoms. The Hall–Kier alpha value is -2.50. The third kappa shape index (κ3) is 3.09.